The molecule has 6 bridgehead atoms. The number of hydrogen-bond donors (Lipinski definition) is 3. The number of rotatable bonds is 9. The molecule has 3 amide bonds. The van der Waals surface area contributed by atoms with Gasteiger partial charge in [-0.2, -0.15) is 0 Å². The van der Waals surface area contributed by atoms with Crippen molar-refractivity contribution in [1.82, 2.24) is 30.2 Å². The minimum absolute atomic E-state index is 0.0177. The van der Waals surface area contributed by atoms with Crippen LogP contribution < -0.4 is 10.7 Å². The lowest BCUT2D eigenvalue weighted by atomic mass is 9.84. The van der Waals surface area contributed by atoms with Gasteiger partial charge in [0, 0.05) is 67.7 Å². The molecule has 3 aliphatic rings. The van der Waals surface area contributed by atoms with Crippen molar-refractivity contribution in [3.8, 4) is 28.1 Å². The molecule has 1 saturated carbocycles. The Morgan fingerprint density at radius 1 is 1.11 bits per heavy atom. The van der Waals surface area contributed by atoms with Crippen LogP contribution in [0.5, 0.6) is 5.75 Å². The highest BCUT2D eigenvalue weighted by molar-refractivity contribution is 5.96. The molecule has 1 aliphatic carbocycles. The van der Waals surface area contributed by atoms with Crippen LogP contribution in [0, 0.1) is 23.2 Å². The highest BCUT2D eigenvalue weighted by atomic mass is 16.5. The minimum Gasteiger partial charge on any atom is -0.508 e. The number of phenols is 1. The zero-order chi connectivity index (χ0) is 43.9. The van der Waals surface area contributed by atoms with Gasteiger partial charge in [0.25, 0.3) is 5.91 Å². The molecule has 4 aromatic rings. The van der Waals surface area contributed by atoms with Crippen LogP contribution >= 0.6 is 0 Å². The SMILES string of the molecule is CCn1c(-c2cccnc2[C@H](C)OC)c2c3cc(ccc31)-c1cc(O)cc(c1)C[C@H](NC(=O)C(C(C)C)N(C)C(=O)[C@@H]1C[C@@H]1C)C(=O)N1CCC[C@H](N1)C(=O)OCC(C)(C)C2. The van der Waals surface area contributed by atoms with E-state index in [2.05, 4.69) is 54.3 Å². The van der Waals surface area contributed by atoms with E-state index >= 15 is 0 Å². The molecular weight excluding hydrogens is 773 g/mol. The minimum atomic E-state index is -1.09. The molecule has 7 rings (SSSR count). The van der Waals surface area contributed by atoms with Crippen molar-refractivity contribution in [1.29, 1.82) is 0 Å². The number of aromatic nitrogens is 2. The summed E-state index contributed by atoms with van der Waals surface area (Å²) in [5.74, 6) is -1.48. The van der Waals surface area contributed by atoms with Gasteiger partial charge in [-0.3, -0.25) is 29.2 Å². The second-order valence-electron chi connectivity index (χ2n) is 18.5. The summed E-state index contributed by atoms with van der Waals surface area (Å²) in [6, 6.07) is 12.9. The van der Waals surface area contributed by atoms with Crippen LogP contribution in [0.1, 0.15) is 90.7 Å². The fraction of sp³-hybridized carbons (Fsp3) is 0.521. The third kappa shape index (κ3) is 9.04. The van der Waals surface area contributed by atoms with Crippen LogP contribution in [0.4, 0.5) is 0 Å². The average Bonchev–Trinajstić information content (AvgIpc) is 3.90. The van der Waals surface area contributed by atoms with Gasteiger partial charge in [-0.1, -0.05) is 46.8 Å². The van der Waals surface area contributed by atoms with Gasteiger partial charge in [0.2, 0.25) is 11.8 Å². The fourth-order valence-corrected chi connectivity index (χ4v) is 9.31. The van der Waals surface area contributed by atoms with Gasteiger partial charge in [0.15, 0.2) is 0 Å². The second kappa shape index (κ2) is 17.6. The lowest BCUT2D eigenvalue weighted by molar-refractivity contribution is -0.155. The highest BCUT2D eigenvalue weighted by Crippen LogP contribution is 2.43. The van der Waals surface area contributed by atoms with E-state index in [1.807, 2.05) is 45.9 Å². The Balaban J connectivity index is 1.35. The van der Waals surface area contributed by atoms with Crippen LogP contribution in [-0.4, -0.2) is 93.7 Å². The predicted octanol–water partition coefficient (Wildman–Crippen LogP) is 6.59. The van der Waals surface area contributed by atoms with Crippen molar-refractivity contribution in [2.24, 2.45) is 23.2 Å². The second-order valence-corrected chi connectivity index (χ2v) is 18.5. The molecule has 2 fully saturated rings. The lowest BCUT2D eigenvalue weighted by Crippen LogP contribution is -2.62. The molecule has 0 radical (unpaired) electrons. The number of benzene rings is 2. The number of amides is 3. The molecule has 13 nitrogen and oxygen atoms in total. The Morgan fingerprint density at radius 2 is 1.87 bits per heavy atom. The summed E-state index contributed by atoms with van der Waals surface area (Å²) in [6.07, 6.45) is 3.91. The van der Waals surface area contributed by atoms with Gasteiger partial charge in [-0.05, 0) is 110 Å². The van der Waals surface area contributed by atoms with Crippen molar-refractivity contribution in [3.05, 3.63) is 71.5 Å². The Morgan fingerprint density at radius 3 is 2.56 bits per heavy atom. The Labute approximate surface area is 359 Å². The standard InChI is InChI=1S/C48H62N6O7/c1-10-53-40-16-15-31-24-36(40)37(43(53)34-13-11-17-49-41(34)29(5)60-9)25-48(6,7)26-61-47(59)38-14-12-18-54(51-38)46(58)39(22-30-20-32(31)23-33(55)21-30)50-44(56)42(27(2)3)52(8)45(57)35-19-28(35)4/h11,13,15-17,20-21,23-24,27-29,35,38-39,42,51,55H,10,12,14,18-19,22,25-26H2,1-9H3,(H,50,56)/t28-,29-,35+,38-,39-,42?/m0/s1. The number of nitrogens with zero attached hydrogens (tertiary/aromatic N) is 4. The summed E-state index contributed by atoms with van der Waals surface area (Å²) in [6.45, 7) is 15.2. The quantitative estimate of drug-likeness (QED) is 0.159. The number of cyclic esters (lactones) is 1. The summed E-state index contributed by atoms with van der Waals surface area (Å²) in [5.41, 5.74) is 9.74. The highest BCUT2D eigenvalue weighted by Gasteiger charge is 2.44. The number of hydrogen-bond acceptors (Lipinski definition) is 9. The molecule has 0 spiro atoms. The maximum Gasteiger partial charge on any atom is 0.324 e. The number of methoxy groups -OCH3 is 1. The van der Waals surface area contributed by atoms with E-state index in [4.69, 9.17) is 14.5 Å². The first-order valence-corrected chi connectivity index (χ1v) is 21.8. The molecular formula is C48H62N6O7. The first-order valence-electron chi connectivity index (χ1n) is 21.8. The fourth-order valence-electron chi connectivity index (χ4n) is 9.31. The average molecular weight is 835 g/mol. The summed E-state index contributed by atoms with van der Waals surface area (Å²) in [4.78, 5) is 62.4. The Kier molecular flexibility index (Phi) is 12.6. The van der Waals surface area contributed by atoms with Gasteiger partial charge in [-0.15, -0.1) is 0 Å². The van der Waals surface area contributed by atoms with Gasteiger partial charge in [0.1, 0.15) is 23.9 Å². The maximum atomic E-state index is 14.6. The number of carbonyl (C=O) groups is 4. The number of likely N-dealkylation sites (N-methyl/N-ethyl adjacent to an activating group) is 1. The van der Waals surface area contributed by atoms with Gasteiger partial charge in [0.05, 0.1) is 24.1 Å². The third-order valence-electron chi connectivity index (χ3n) is 12.8. The first kappa shape index (κ1) is 43.8. The van der Waals surface area contributed by atoms with Crippen molar-refractivity contribution in [2.75, 3.05) is 27.3 Å². The number of aromatic hydroxyl groups is 1. The first-order chi connectivity index (χ1) is 29.0. The number of phenolic OH excluding ortho intramolecular Hbond substituents is 1. The van der Waals surface area contributed by atoms with Crippen LogP contribution in [0.3, 0.4) is 0 Å². The molecule has 2 aromatic heterocycles. The van der Waals surface area contributed by atoms with Gasteiger partial charge >= 0.3 is 5.97 Å². The maximum absolute atomic E-state index is 14.6. The van der Waals surface area contributed by atoms with Crippen molar-refractivity contribution in [3.63, 3.8) is 0 Å². The normalized spacial score (nSPS) is 22.6. The molecule has 4 heterocycles. The number of hydrazine groups is 1. The molecule has 2 aromatic carbocycles. The summed E-state index contributed by atoms with van der Waals surface area (Å²) < 4.78 is 14.2. The Hall–Kier alpha value is -5.27. The van der Waals surface area contributed by atoms with Crippen LogP contribution in [0.25, 0.3) is 33.3 Å². The van der Waals surface area contributed by atoms with Crippen molar-refractivity contribution >= 4 is 34.6 Å². The van der Waals surface area contributed by atoms with E-state index in [1.54, 1.807) is 32.5 Å². The van der Waals surface area contributed by atoms with E-state index in [-0.39, 0.29) is 48.5 Å². The van der Waals surface area contributed by atoms with Crippen LogP contribution in [-0.2, 0) is 48.0 Å². The number of pyridine rings is 1. The summed E-state index contributed by atoms with van der Waals surface area (Å²) >= 11 is 0. The number of fused-ring (bicyclic) bond motifs is 6. The smallest absolute Gasteiger partial charge is 0.324 e. The number of nitrogens with one attached hydrogen (secondary N) is 2. The molecule has 61 heavy (non-hydrogen) atoms. The molecule has 6 atom stereocenters. The molecule has 326 valence electrons. The molecule has 3 N–H and O–H groups in total. The number of carbonyl (C=O) groups excluding carboxylic acids is 4. The van der Waals surface area contributed by atoms with E-state index in [1.165, 1.54) is 9.91 Å². The number of aryl methyl sites for hydroxylation is 1. The van der Waals surface area contributed by atoms with Crippen LogP contribution in [0.15, 0.2) is 54.7 Å². The number of esters is 1. The van der Waals surface area contributed by atoms with E-state index in [9.17, 15) is 24.3 Å². The van der Waals surface area contributed by atoms with E-state index < -0.39 is 41.3 Å². The zero-order valence-corrected chi connectivity index (χ0v) is 37.1. The zero-order valence-electron chi connectivity index (χ0n) is 37.1. The summed E-state index contributed by atoms with van der Waals surface area (Å²) in [7, 11) is 3.34. The molecule has 2 aliphatic heterocycles. The topological polar surface area (TPSA) is 155 Å². The third-order valence-corrected chi connectivity index (χ3v) is 12.8. The predicted molar refractivity (Wildman–Crippen MR) is 234 cm³/mol. The van der Waals surface area contributed by atoms with E-state index in [0.717, 1.165) is 51.0 Å². The monoisotopic (exact) mass is 834 g/mol. The molecule has 1 unspecified atom stereocenters. The van der Waals surface area contributed by atoms with Gasteiger partial charge in [-0.25, -0.2) is 5.43 Å². The summed E-state index contributed by atoms with van der Waals surface area (Å²) in [5, 5.41) is 16.7. The van der Waals surface area contributed by atoms with Gasteiger partial charge < -0.3 is 29.4 Å². The molecule has 13 heteroatoms. The van der Waals surface area contributed by atoms with Crippen molar-refractivity contribution in [2.45, 2.75) is 111 Å². The van der Waals surface area contributed by atoms with Crippen LogP contribution in [0.2, 0.25) is 0 Å². The number of ether oxygens (including phenoxy) is 2. The van der Waals surface area contributed by atoms with E-state index in [0.29, 0.717) is 37.9 Å². The Bertz CT molecular complexity index is 2320. The molecule has 1 saturated heterocycles. The van der Waals surface area contributed by atoms with Crippen molar-refractivity contribution < 1.29 is 33.8 Å². The lowest BCUT2D eigenvalue weighted by Gasteiger charge is -2.36. The largest absolute Gasteiger partial charge is 0.508 e.